The van der Waals surface area contributed by atoms with Crippen LogP contribution in [0.15, 0.2) is 11.6 Å². The molecule has 0 saturated carbocycles. The van der Waals surface area contributed by atoms with Crippen LogP contribution in [-0.4, -0.2) is 50.3 Å². The van der Waals surface area contributed by atoms with Gasteiger partial charge in [0.25, 0.3) is 0 Å². The predicted molar refractivity (Wildman–Crippen MR) is 133 cm³/mol. The summed E-state index contributed by atoms with van der Waals surface area (Å²) in [6.07, 6.45) is 13.4. The van der Waals surface area contributed by atoms with Crippen molar-refractivity contribution in [2.75, 3.05) is 40.9 Å². The Morgan fingerprint density at radius 1 is 0.903 bits per heavy atom. The van der Waals surface area contributed by atoms with E-state index in [-0.39, 0.29) is 13.2 Å². The summed E-state index contributed by atoms with van der Waals surface area (Å²) in [4.78, 5) is 9.74. The van der Waals surface area contributed by atoms with Gasteiger partial charge in [0.1, 0.15) is 13.2 Å². The van der Waals surface area contributed by atoms with Crippen molar-refractivity contribution >= 4 is 7.82 Å². The van der Waals surface area contributed by atoms with Gasteiger partial charge in [0.05, 0.1) is 27.7 Å². The summed E-state index contributed by atoms with van der Waals surface area (Å²) in [5.74, 6) is 2.45. The molecular formula is C25H53NO4P+. The molecule has 0 heterocycles. The molecule has 0 aromatic carbocycles. The van der Waals surface area contributed by atoms with E-state index in [1.165, 1.54) is 50.5 Å². The second-order valence-electron chi connectivity index (χ2n) is 11.0. The van der Waals surface area contributed by atoms with E-state index in [2.05, 4.69) is 34.6 Å². The lowest BCUT2D eigenvalue weighted by molar-refractivity contribution is -0.870. The van der Waals surface area contributed by atoms with Crippen LogP contribution in [0, 0.1) is 17.8 Å². The molecule has 0 radical (unpaired) electrons. The molecular weight excluding hydrogens is 409 g/mol. The fraction of sp³-hybridized carbons (Fsp3) is 0.920. The van der Waals surface area contributed by atoms with Crippen molar-refractivity contribution in [1.29, 1.82) is 0 Å². The molecule has 0 amide bonds. The molecule has 0 fully saturated rings. The number of rotatable bonds is 19. The highest BCUT2D eigenvalue weighted by atomic mass is 31.2. The molecule has 0 saturated heterocycles. The Hall–Kier alpha value is -0.190. The minimum atomic E-state index is -3.96. The van der Waals surface area contributed by atoms with Gasteiger partial charge in [0.15, 0.2) is 0 Å². The van der Waals surface area contributed by atoms with Gasteiger partial charge in [-0.25, -0.2) is 4.57 Å². The molecule has 0 aliphatic carbocycles. The van der Waals surface area contributed by atoms with Gasteiger partial charge in [0, 0.05) is 0 Å². The molecule has 0 aliphatic rings. The lowest BCUT2D eigenvalue weighted by Crippen LogP contribution is -2.37. The number of phosphoric ester groups is 1. The predicted octanol–water partition coefficient (Wildman–Crippen LogP) is 7.21. The number of phosphoric acid groups is 1. The topological polar surface area (TPSA) is 55.8 Å². The molecule has 6 heteroatoms. The number of nitrogens with zero attached hydrogens (tertiary/aromatic N) is 1. The Balaban J connectivity index is 3.87. The first-order valence-electron chi connectivity index (χ1n) is 12.4. The van der Waals surface area contributed by atoms with Crippen molar-refractivity contribution in [3.8, 4) is 0 Å². The maximum atomic E-state index is 11.9. The van der Waals surface area contributed by atoms with Gasteiger partial charge in [-0.1, -0.05) is 84.3 Å². The Labute approximate surface area is 193 Å². The highest BCUT2D eigenvalue weighted by Gasteiger charge is 2.21. The largest absolute Gasteiger partial charge is 0.472 e. The second-order valence-corrected chi connectivity index (χ2v) is 12.5. The van der Waals surface area contributed by atoms with Crippen LogP contribution in [0.4, 0.5) is 0 Å². The Morgan fingerprint density at radius 2 is 1.42 bits per heavy atom. The van der Waals surface area contributed by atoms with Crippen LogP contribution in [0.25, 0.3) is 0 Å². The molecule has 5 nitrogen and oxygen atoms in total. The number of hydrogen-bond donors (Lipinski definition) is 1. The van der Waals surface area contributed by atoms with Gasteiger partial charge < -0.3 is 9.38 Å². The SMILES string of the molecule is CC(=CCOP(=O)(O)OCC[N+](C)(C)C)CCCC(C)CCCC(C)CCCC(C)C. The average Bonchev–Trinajstić information content (AvgIpc) is 2.59. The van der Waals surface area contributed by atoms with Crippen LogP contribution in [0.1, 0.15) is 92.4 Å². The number of hydrogen-bond acceptors (Lipinski definition) is 3. The maximum absolute atomic E-state index is 11.9. The molecule has 31 heavy (non-hydrogen) atoms. The fourth-order valence-electron chi connectivity index (χ4n) is 3.55. The van der Waals surface area contributed by atoms with Crippen LogP contribution in [-0.2, 0) is 13.6 Å². The third-order valence-corrected chi connectivity index (χ3v) is 6.81. The van der Waals surface area contributed by atoms with Gasteiger partial charge >= 0.3 is 7.82 Å². The molecule has 0 aliphatic heterocycles. The van der Waals surface area contributed by atoms with Crippen LogP contribution in [0.3, 0.4) is 0 Å². The minimum Gasteiger partial charge on any atom is -0.329 e. The molecule has 1 N–H and O–H groups in total. The zero-order chi connectivity index (χ0) is 23.9. The molecule has 0 spiro atoms. The van der Waals surface area contributed by atoms with E-state index in [1.807, 2.05) is 27.2 Å². The molecule has 0 aromatic rings. The summed E-state index contributed by atoms with van der Waals surface area (Å²) in [5, 5.41) is 0. The lowest BCUT2D eigenvalue weighted by atomic mass is 9.91. The summed E-state index contributed by atoms with van der Waals surface area (Å²) >= 11 is 0. The number of quaternary nitrogens is 1. The number of likely N-dealkylation sites (N-methyl/N-ethyl adjacent to an activating group) is 1. The van der Waals surface area contributed by atoms with Crippen molar-refractivity contribution in [1.82, 2.24) is 0 Å². The molecule has 0 bridgehead atoms. The average molecular weight is 463 g/mol. The van der Waals surface area contributed by atoms with E-state index >= 15 is 0 Å². The monoisotopic (exact) mass is 462 g/mol. The Morgan fingerprint density at radius 3 is 1.94 bits per heavy atom. The Bertz CT molecular complexity index is 528. The van der Waals surface area contributed by atoms with E-state index in [1.54, 1.807) is 0 Å². The molecule has 186 valence electrons. The van der Waals surface area contributed by atoms with Crippen molar-refractivity contribution in [2.45, 2.75) is 92.4 Å². The molecule has 3 unspecified atom stereocenters. The maximum Gasteiger partial charge on any atom is 0.472 e. The van der Waals surface area contributed by atoms with Gasteiger partial charge in [-0.3, -0.25) is 9.05 Å². The van der Waals surface area contributed by atoms with E-state index in [0.717, 1.165) is 30.6 Å². The first-order valence-corrected chi connectivity index (χ1v) is 13.9. The molecule has 0 aromatic heterocycles. The van der Waals surface area contributed by atoms with Gasteiger partial charge in [-0.2, -0.15) is 0 Å². The zero-order valence-electron chi connectivity index (χ0n) is 21.9. The standard InChI is InChI=1S/C25H52NO4P/c1-22(2)12-9-13-23(3)14-10-15-24(4)16-11-17-25(5)18-20-29-31(27,28)30-21-19-26(6,7)8/h18,22-24H,9-17,19-21H2,1-8H3/p+1. The van der Waals surface area contributed by atoms with Gasteiger partial charge in [-0.15, -0.1) is 0 Å². The zero-order valence-corrected chi connectivity index (χ0v) is 22.8. The number of allylic oxidation sites excluding steroid dienone is 1. The van der Waals surface area contributed by atoms with Crippen molar-refractivity contribution in [3.63, 3.8) is 0 Å². The Kier molecular flexibility index (Phi) is 16.3. The highest BCUT2D eigenvalue weighted by molar-refractivity contribution is 7.47. The van der Waals surface area contributed by atoms with Crippen molar-refractivity contribution < 1.29 is 23.0 Å². The second kappa shape index (κ2) is 16.4. The van der Waals surface area contributed by atoms with Crippen LogP contribution in [0.2, 0.25) is 0 Å². The minimum absolute atomic E-state index is 0.119. The van der Waals surface area contributed by atoms with Crippen molar-refractivity contribution in [3.05, 3.63) is 11.6 Å². The summed E-state index contributed by atoms with van der Waals surface area (Å²) in [6, 6.07) is 0. The lowest BCUT2D eigenvalue weighted by Gasteiger charge is -2.23. The molecule has 3 atom stereocenters. The highest BCUT2D eigenvalue weighted by Crippen LogP contribution is 2.43. The van der Waals surface area contributed by atoms with Gasteiger partial charge in [-0.05, 0) is 37.5 Å². The summed E-state index contributed by atoms with van der Waals surface area (Å²) in [6.45, 7) is 12.4. The first kappa shape index (κ1) is 30.8. The van der Waals surface area contributed by atoms with Crippen LogP contribution < -0.4 is 0 Å². The smallest absolute Gasteiger partial charge is 0.329 e. The quantitative estimate of drug-likeness (QED) is 0.125. The summed E-state index contributed by atoms with van der Waals surface area (Å²) in [5.41, 5.74) is 1.21. The third kappa shape index (κ3) is 21.4. The van der Waals surface area contributed by atoms with E-state index in [9.17, 15) is 9.46 Å². The van der Waals surface area contributed by atoms with Crippen molar-refractivity contribution in [2.24, 2.45) is 17.8 Å². The fourth-order valence-corrected chi connectivity index (χ4v) is 4.20. The first-order chi connectivity index (χ1) is 14.3. The molecule has 0 rings (SSSR count). The van der Waals surface area contributed by atoms with Crippen LogP contribution >= 0.6 is 7.82 Å². The summed E-state index contributed by atoms with van der Waals surface area (Å²) in [7, 11) is 2.06. The third-order valence-electron chi connectivity index (χ3n) is 5.83. The van der Waals surface area contributed by atoms with Crippen LogP contribution in [0.5, 0.6) is 0 Å². The summed E-state index contributed by atoms with van der Waals surface area (Å²) < 4.78 is 22.7. The van der Waals surface area contributed by atoms with E-state index in [4.69, 9.17) is 9.05 Å². The van der Waals surface area contributed by atoms with E-state index in [0.29, 0.717) is 11.0 Å². The normalized spacial score (nSPS) is 17.0. The van der Waals surface area contributed by atoms with Gasteiger partial charge in [0.2, 0.25) is 0 Å². The van der Waals surface area contributed by atoms with E-state index < -0.39 is 7.82 Å².